The molecule has 0 saturated heterocycles. The molecule has 0 bridgehead atoms. The molecule has 0 aliphatic carbocycles. The van der Waals surface area contributed by atoms with Crippen molar-refractivity contribution in [2.45, 2.75) is 25.7 Å². The fraction of sp³-hybridized carbons (Fsp3) is 0.444. The van der Waals surface area contributed by atoms with Crippen LogP contribution in [0, 0.1) is 0 Å². The molecule has 2 aromatic carbocycles. The molecule has 2 heterocycles. The summed E-state index contributed by atoms with van der Waals surface area (Å²) in [6.07, 6.45) is 3.24. The molecule has 4 rings (SSSR count). The standard InChI is InChI=1S/C27H34N2O4S.ClH/c1-28(12-8-20-18-34-26-17-22(31-2)6-7-23(20)26)10-5-11-29-13-9-19-14-24(32-3)25(33-4)15-21(19)16-27(29)30;/h6-7,14-15,17-18H,5,8-13,16H2,1-4H3;1H. The summed E-state index contributed by atoms with van der Waals surface area (Å²) >= 11 is 1.77. The maximum atomic E-state index is 12.9. The van der Waals surface area contributed by atoms with Gasteiger partial charge in [-0.3, -0.25) is 4.79 Å². The molecule has 0 radical (unpaired) electrons. The number of carbonyl (C=O) groups is 1. The van der Waals surface area contributed by atoms with Gasteiger partial charge < -0.3 is 24.0 Å². The topological polar surface area (TPSA) is 51.2 Å². The van der Waals surface area contributed by atoms with Gasteiger partial charge in [0.1, 0.15) is 5.75 Å². The van der Waals surface area contributed by atoms with E-state index >= 15 is 0 Å². The van der Waals surface area contributed by atoms with Crippen LogP contribution in [-0.2, 0) is 24.1 Å². The van der Waals surface area contributed by atoms with Crippen molar-refractivity contribution in [3.05, 3.63) is 52.4 Å². The molecule has 35 heavy (non-hydrogen) atoms. The van der Waals surface area contributed by atoms with Gasteiger partial charge in [-0.2, -0.15) is 0 Å². The number of nitrogens with zero attached hydrogens (tertiary/aromatic N) is 2. The van der Waals surface area contributed by atoms with Crippen LogP contribution in [-0.4, -0.2) is 70.3 Å². The molecule has 0 spiro atoms. The Bertz CT molecular complexity index is 1150. The largest absolute Gasteiger partial charge is 0.497 e. The summed E-state index contributed by atoms with van der Waals surface area (Å²) in [7, 11) is 7.14. The summed E-state index contributed by atoms with van der Waals surface area (Å²) in [6, 6.07) is 10.3. The zero-order valence-electron chi connectivity index (χ0n) is 21.0. The van der Waals surface area contributed by atoms with Gasteiger partial charge in [-0.25, -0.2) is 0 Å². The van der Waals surface area contributed by atoms with Crippen LogP contribution in [0.3, 0.4) is 0 Å². The molecule has 3 aromatic rings. The molecule has 6 nitrogen and oxygen atoms in total. The number of methoxy groups -OCH3 is 3. The number of ether oxygens (including phenoxy) is 3. The fourth-order valence-electron chi connectivity index (χ4n) is 4.59. The predicted molar refractivity (Wildman–Crippen MR) is 145 cm³/mol. The van der Waals surface area contributed by atoms with Crippen LogP contribution in [0.25, 0.3) is 10.1 Å². The number of carbonyl (C=O) groups excluding carboxylic acids is 1. The van der Waals surface area contributed by atoms with Crippen molar-refractivity contribution in [1.82, 2.24) is 9.80 Å². The molecule has 0 N–H and O–H groups in total. The summed E-state index contributed by atoms with van der Waals surface area (Å²) in [5.74, 6) is 2.50. The Morgan fingerprint density at radius 3 is 2.46 bits per heavy atom. The van der Waals surface area contributed by atoms with Crippen LogP contribution in [0.15, 0.2) is 35.7 Å². The van der Waals surface area contributed by atoms with E-state index in [1.54, 1.807) is 32.7 Å². The number of rotatable bonds is 10. The van der Waals surface area contributed by atoms with Crippen molar-refractivity contribution in [2.75, 3.05) is 54.6 Å². The number of halogens is 1. The maximum absolute atomic E-state index is 12.9. The number of hydrogen-bond acceptors (Lipinski definition) is 6. The van der Waals surface area contributed by atoms with Gasteiger partial charge in [0, 0.05) is 24.3 Å². The summed E-state index contributed by atoms with van der Waals surface area (Å²) in [4.78, 5) is 17.3. The first-order chi connectivity index (χ1) is 16.5. The first-order valence-corrected chi connectivity index (χ1v) is 12.6. The molecule has 0 atom stereocenters. The lowest BCUT2D eigenvalue weighted by atomic mass is 10.0. The van der Waals surface area contributed by atoms with E-state index in [2.05, 4.69) is 29.5 Å². The highest BCUT2D eigenvalue weighted by atomic mass is 35.5. The normalized spacial score (nSPS) is 13.4. The van der Waals surface area contributed by atoms with E-state index in [0.29, 0.717) is 12.2 Å². The Labute approximate surface area is 218 Å². The van der Waals surface area contributed by atoms with Crippen molar-refractivity contribution in [2.24, 2.45) is 0 Å². The summed E-state index contributed by atoms with van der Waals surface area (Å²) in [5.41, 5.74) is 3.61. The van der Waals surface area contributed by atoms with Gasteiger partial charge in [-0.15, -0.1) is 23.7 Å². The highest BCUT2D eigenvalue weighted by Gasteiger charge is 2.22. The second kappa shape index (κ2) is 12.5. The van der Waals surface area contributed by atoms with Crippen LogP contribution in [0.4, 0.5) is 0 Å². The minimum Gasteiger partial charge on any atom is -0.497 e. The van der Waals surface area contributed by atoms with Crippen LogP contribution in [0.5, 0.6) is 17.2 Å². The van der Waals surface area contributed by atoms with E-state index in [1.165, 1.54) is 21.2 Å². The van der Waals surface area contributed by atoms with E-state index in [9.17, 15) is 4.79 Å². The molecule has 0 unspecified atom stereocenters. The Kier molecular flexibility index (Phi) is 9.66. The zero-order valence-corrected chi connectivity index (χ0v) is 22.6. The van der Waals surface area contributed by atoms with Crippen molar-refractivity contribution >= 4 is 39.7 Å². The second-order valence-corrected chi connectivity index (χ2v) is 9.72. The zero-order chi connectivity index (χ0) is 24.1. The third-order valence-corrected chi connectivity index (χ3v) is 7.64. The van der Waals surface area contributed by atoms with Gasteiger partial charge >= 0.3 is 0 Å². The third-order valence-electron chi connectivity index (χ3n) is 6.64. The average molecular weight is 519 g/mol. The SMILES string of the molecule is COc1ccc2c(CCN(C)CCCN3CCc4cc(OC)c(OC)cc4CC3=O)csc2c1.Cl. The molecule has 190 valence electrons. The van der Waals surface area contributed by atoms with Gasteiger partial charge in [0.15, 0.2) is 11.5 Å². The van der Waals surface area contributed by atoms with Crippen LogP contribution >= 0.6 is 23.7 Å². The van der Waals surface area contributed by atoms with E-state index in [4.69, 9.17) is 14.2 Å². The Hall–Kier alpha value is -2.48. The van der Waals surface area contributed by atoms with Gasteiger partial charge in [0.05, 0.1) is 27.8 Å². The maximum Gasteiger partial charge on any atom is 0.227 e. The summed E-state index contributed by atoms with van der Waals surface area (Å²) < 4.78 is 17.5. The van der Waals surface area contributed by atoms with Crippen LogP contribution in [0.2, 0.25) is 0 Å². The van der Waals surface area contributed by atoms with Crippen molar-refractivity contribution in [3.8, 4) is 17.2 Å². The van der Waals surface area contributed by atoms with Crippen molar-refractivity contribution in [1.29, 1.82) is 0 Å². The summed E-state index contributed by atoms with van der Waals surface area (Å²) in [6.45, 7) is 3.49. The third kappa shape index (κ3) is 6.40. The lowest BCUT2D eigenvalue weighted by Gasteiger charge is -2.22. The lowest BCUT2D eigenvalue weighted by molar-refractivity contribution is -0.130. The predicted octanol–water partition coefficient (Wildman–Crippen LogP) is 4.84. The monoisotopic (exact) mass is 518 g/mol. The molecule has 0 fully saturated rings. The number of amides is 1. The van der Waals surface area contributed by atoms with Gasteiger partial charge in [-0.1, -0.05) is 0 Å². The first-order valence-electron chi connectivity index (χ1n) is 11.8. The molecular weight excluding hydrogens is 484 g/mol. The van der Waals surface area contributed by atoms with Crippen LogP contribution in [0.1, 0.15) is 23.1 Å². The molecule has 1 aliphatic rings. The number of fused-ring (bicyclic) bond motifs is 2. The number of hydrogen-bond donors (Lipinski definition) is 0. The highest BCUT2D eigenvalue weighted by molar-refractivity contribution is 7.17. The molecule has 1 aliphatic heterocycles. The number of benzene rings is 2. The molecule has 0 saturated carbocycles. The number of likely N-dealkylation sites (N-methyl/N-ethyl adjacent to an activating group) is 1. The number of thiophene rings is 1. The van der Waals surface area contributed by atoms with E-state index in [-0.39, 0.29) is 18.3 Å². The Morgan fingerprint density at radius 1 is 1.00 bits per heavy atom. The quantitative estimate of drug-likeness (QED) is 0.384. The van der Waals surface area contributed by atoms with Gasteiger partial charge in [0.2, 0.25) is 5.91 Å². The van der Waals surface area contributed by atoms with E-state index in [1.807, 2.05) is 23.1 Å². The second-order valence-electron chi connectivity index (χ2n) is 8.81. The summed E-state index contributed by atoms with van der Waals surface area (Å²) in [5, 5.41) is 3.58. The molecular formula is C27H35ClN2O4S. The van der Waals surface area contributed by atoms with Gasteiger partial charge in [-0.05, 0) is 90.6 Å². The lowest BCUT2D eigenvalue weighted by Crippen LogP contribution is -2.35. The molecule has 1 amide bonds. The first kappa shape index (κ1) is 27.1. The van der Waals surface area contributed by atoms with E-state index < -0.39 is 0 Å². The average Bonchev–Trinajstić information content (AvgIpc) is 3.19. The minimum absolute atomic E-state index is 0. The minimum atomic E-state index is 0. The van der Waals surface area contributed by atoms with Crippen molar-refractivity contribution < 1.29 is 19.0 Å². The fourth-order valence-corrected chi connectivity index (χ4v) is 5.61. The van der Waals surface area contributed by atoms with Crippen molar-refractivity contribution in [3.63, 3.8) is 0 Å². The Morgan fingerprint density at radius 2 is 1.74 bits per heavy atom. The molecule has 1 aromatic heterocycles. The highest BCUT2D eigenvalue weighted by Crippen LogP contribution is 2.32. The van der Waals surface area contributed by atoms with Crippen LogP contribution < -0.4 is 14.2 Å². The Balaban J connectivity index is 0.00000342. The van der Waals surface area contributed by atoms with E-state index in [0.717, 1.165) is 62.5 Å². The van der Waals surface area contributed by atoms with Gasteiger partial charge in [0.25, 0.3) is 0 Å². The smallest absolute Gasteiger partial charge is 0.227 e. The molecule has 8 heteroatoms.